The van der Waals surface area contributed by atoms with E-state index in [1.165, 1.54) is 31.8 Å². The van der Waals surface area contributed by atoms with Gasteiger partial charge in [-0.05, 0) is 46.7 Å². The number of hydrogen-bond donors (Lipinski definition) is 2. The third-order valence-electron chi connectivity index (χ3n) is 4.72. The molecule has 0 saturated heterocycles. The van der Waals surface area contributed by atoms with E-state index in [-0.39, 0.29) is 0 Å². The van der Waals surface area contributed by atoms with Crippen LogP contribution in [-0.2, 0) is 6.54 Å². The van der Waals surface area contributed by atoms with Crippen LogP contribution in [0, 0.1) is 0 Å². The van der Waals surface area contributed by atoms with Gasteiger partial charge in [-0.15, -0.1) is 0 Å². The average Bonchev–Trinajstić information content (AvgIpc) is 2.70. The monoisotopic (exact) mass is 354 g/mol. The second-order valence-electron chi connectivity index (χ2n) is 6.43. The lowest BCUT2D eigenvalue weighted by atomic mass is 10.0. The molecule has 5 rings (SSSR count). The van der Waals surface area contributed by atoms with Gasteiger partial charge in [0.25, 0.3) is 0 Å². The van der Waals surface area contributed by atoms with Crippen LogP contribution >= 0.6 is 11.8 Å². The number of para-hydroxylation sites is 1. The minimum absolute atomic E-state index is 0.809. The molecule has 0 atom stereocenters. The first kappa shape index (κ1) is 15.4. The van der Waals surface area contributed by atoms with Gasteiger partial charge in [0, 0.05) is 22.0 Å². The second-order valence-corrected chi connectivity index (χ2v) is 7.51. The largest absolute Gasteiger partial charge is 0.381 e. The maximum absolute atomic E-state index is 3.58. The summed E-state index contributed by atoms with van der Waals surface area (Å²) in [5.41, 5.74) is 4.78. The predicted octanol–water partition coefficient (Wildman–Crippen LogP) is 6.66. The van der Waals surface area contributed by atoms with Gasteiger partial charge in [0.1, 0.15) is 0 Å². The van der Waals surface area contributed by atoms with Crippen LogP contribution in [0.4, 0.5) is 17.1 Å². The zero-order valence-electron chi connectivity index (χ0n) is 14.2. The topological polar surface area (TPSA) is 24.1 Å². The molecule has 1 aliphatic rings. The molecule has 0 bridgehead atoms. The zero-order valence-corrected chi connectivity index (χ0v) is 15.0. The Labute approximate surface area is 157 Å². The Hall–Kier alpha value is -2.91. The van der Waals surface area contributed by atoms with Crippen molar-refractivity contribution in [2.45, 2.75) is 16.3 Å². The Morgan fingerprint density at radius 2 is 1.54 bits per heavy atom. The first-order valence-corrected chi connectivity index (χ1v) is 9.57. The summed E-state index contributed by atoms with van der Waals surface area (Å²) < 4.78 is 0. The molecule has 0 spiro atoms. The molecule has 0 aromatic heterocycles. The van der Waals surface area contributed by atoms with Crippen molar-refractivity contribution in [2.75, 3.05) is 10.6 Å². The highest BCUT2D eigenvalue weighted by atomic mass is 32.2. The number of benzene rings is 4. The fourth-order valence-corrected chi connectivity index (χ4v) is 4.36. The van der Waals surface area contributed by atoms with E-state index in [2.05, 4.69) is 95.6 Å². The first-order valence-electron chi connectivity index (χ1n) is 8.75. The fraction of sp³-hybridized carbons (Fsp3) is 0.0435. The molecule has 126 valence electrons. The molecule has 2 N–H and O–H groups in total. The van der Waals surface area contributed by atoms with Gasteiger partial charge in [0.05, 0.1) is 11.4 Å². The first-order chi connectivity index (χ1) is 12.9. The summed E-state index contributed by atoms with van der Waals surface area (Å²) in [5, 5.41) is 9.72. The lowest BCUT2D eigenvalue weighted by Gasteiger charge is -2.21. The van der Waals surface area contributed by atoms with E-state index in [1.54, 1.807) is 0 Å². The van der Waals surface area contributed by atoms with Gasteiger partial charge in [0.15, 0.2) is 0 Å². The van der Waals surface area contributed by atoms with Crippen LogP contribution in [0.15, 0.2) is 94.7 Å². The van der Waals surface area contributed by atoms with E-state index in [4.69, 9.17) is 0 Å². The van der Waals surface area contributed by atoms with Crippen molar-refractivity contribution in [3.63, 3.8) is 0 Å². The SMILES string of the molecule is c1ccc2c(c1)Nc1cc(NCc3cccc4ccccc34)ccc1S2. The molecule has 3 heteroatoms. The summed E-state index contributed by atoms with van der Waals surface area (Å²) in [4.78, 5) is 2.54. The molecule has 1 aliphatic heterocycles. The third kappa shape index (κ3) is 2.80. The number of fused-ring (bicyclic) bond motifs is 3. The van der Waals surface area contributed by atoms with Crippen molar-refractivity contribution < 1.29 is 0 Å². The van der Waals surface area contributed by atoms with Crippen LogP contribution in [0.3, 0.4) is 0 Å². The summed E-state index contributed by atoms with van der Waals surface area (Å²) in [5.74, 6) is 0. The third-order valence-corrected chi connectivity index (χ3v) is 5.87. The van der Waals surface area contributed by atoms with E-state index in [0.29, 0.717) is 0 Å². The molecule has 1 heterocycles. The highest BCUT2D eigenvalue weighted by Crippen LogP contribution is 2.44. The van der Waals surface area contributed by atoms with E-state index in [1.807, 2.05) is 11.8 Å². The van der Waals surface area contributed by atoms with Gasteiger partial charge < -0.3 is 10.6 Å². The molecule has 26 heavy (non-hydrogen) atoms. The van der Waals surface area contributed by atoms with Crippen molar-refractivity contribution in [3.8, 4) is 0 Å². The molecule has 0 amide bonds. The lowest BCUT2D eigenvalue weighted by molar-refractivity contribution is 1.16. The van der Waals surface area contributed by atoms with Crippen LogP contribution in [0.5, 0.6) is 0 Å². The number of anilines is 3. The number of rotatable bonds is 3. The summed E-state index contributed by atoms with van der Waals surface area (Å²) >= 11 is 1.82. The standard InChI is InChI=1S/C23H18N2S/c1-2-9-19-16(6-1)7-5-8-17(19)15-24-18-12-13-23-21(14-18)25-20-10-3-4-11-22(20)26-23/h1-14,24-25H,15H2. The Kier molecular flexibility index (Phi) is 3.80. The van der Waals surface area contributed by atoms with Crippen molar-refractivity contribution in [3.05, 3.63) is 90.5 Å². The van der Waals surface area contributed by atoms with Crippen molar-refractivity contribution in [2.24, 2.45) is 0 Å². The maximum atomic E-state index is 3.58. The highest BCUT2D eigenvalue weighted by Gasteiger charge is 2.15. The minimum atomic E-state index is 0.809. The van der Waals surface area contributed by atoms with Crippen molar-refractivity contribution in [1.29, 1.82) is 0 Å². The Balaban J connectivity index is 1.39. The zero-order chi connectivity index (χ0) is 17.3. The highest BCUT2D eigenvalue weighted by molar-refractivity contribution is 7.99. The van der Waals surface area contributed by atoms with E-state index in [9.17, 15) is 0 Å². The van der Waals surface area contributed by atoms with Crippen LogP contribution in [0.25, 0.3) is 10.8 Å². The van der Waals surface area contributed by atoms with Crippen LogP contribution in [0.1, 0.15) is 5.56 Å². The molecular weight excluding hydrogens is 336 g/mol. The minimum Gasteiger partial charge on any atom is -0.381 e. The van der Waals surface area contributed by atoms with E-state index in [0.717, 1.165) is 17.9 Å². The number of hydrogen-bond acceptors (Lipinski definition) is 3. The molecule has 4 aromatic carbocycles. The smallest absolute Gasteiger partial charge is 0.0547 e. The van der Waals surface area contributed by atoms with Gasteiger partial charge in [0.2, 0.25) is 0 Å². The molecule has 0 fully saturated rings. The van der Waals surface area contributed by atoms with Gasteiger partial charge in [-0.2, -0.15) is 0 Å². The van der Waals surface area contributed by atoms with Gasteiger partial charge in [-0.1, -0.05) is 66.4 Å². The van der Waals surface area contributed by atoms with Crippen molar-refractivity contribution >= 4 is 39.6 Å². The Morgan fingerprint density at radius 1 is 0.731 bits per heavy atom. The van der Waals surface area contributed by atoms with Crippen LogP contribution in [0.2, 0.25) is 0 Å². The number of nitrogens with one attached hydrogen (secondary N) is 2. The Bertz CT molecular complexity index is 1100. The van der Waals surface area contributed by atoms with Crippen LogP contribution in [-0.4, -0.2) is 0 Å². The molecule has 2 nitrogen and oxygen atoms in total. The van der Waals surface area contributed by atoms with E-state index < -0.39 is 0 Å². The summed E-state index contributed by atoms with van der Waals surface area (Å²) in [6.45, 7) is 0.809. The molecular formula is C23H18N2S. The van der Waals surface area contributed by atoms with Crippen LogP contribution < -0.4 is 10.6 Å². The van der Waals surface area contributed by atoms with Crippen molar-refractivity contribution in [1.82, 2.24) is 0 Å². The van der Waals surface area contributed by atoms with Gasteiger partial charge in [-0.3, -0.25) is 0 Å². The van der Waals surface area contributed by atoms with Gasteiger partial charge in [-0.25, -0.2) is 0 Å². The Morgan fingerprint density at radius 3 is 2.54 bits per heavy atom. The lowest BCUT2D eigenvalue weighted by Crippen LogP contribution is -2.03. The quantitative estimate of drug-likeness (QED) is 0.379. The summed E-state index contributed by atoms with van der Waals surface area (Å²) in [6.07, 6.45) is 0. The molecule has 4 aromatic rings. The predicted molar refractivity (Wildman–Crippen MR) is 112 cm³/mol. The average molecular weight is 354 g/mol. The fourth-order valence-electron chi connectivity index (χ4n) is 3.39. The summed E-state index contributed by atoms with van der Waals surface area (Å²) in [7, 11) is 0. The molecule has 0 saturated carbocycles. The second kappa shape index (κ2) is 6.43. The maximum Gasteiger partial charge on any atom is 0.0547 e. The van der Waals surface area contributed by atoms with Gasteiger partial charge >= 0.3 is 0 Å². The summed E-state index contributed by atoms with van der Waals surface area (Å²) in [6, 6.07) is 30.0. The molecule has 0 radical (unpaired) electrons. The molecule has 0 aliphatic carbocycles. The molecule has 0 unspecified atom stereocenters. The normalized spacial score (nSPS) is 12.2. The van der Waals surface area contributed by atoms with E-state index >= 15 is 0 Å².